The SMILES string of the molecule is CN(C)C(C)(C)CNS(=O)(=O)c1ccc([N+](=O)[O-])c(N)c1. The highest BCUT2D eigenvalue weighted by Crippen LogP contribution is 2.24. The Labute approximate surface area is 124 Å². The van der Waals surface area contributed by atoms with E-state index in [0.29, 0.717) is 0 Å². The van der Waals surface area contributed by atoms with Crippen LogP contribution in [0, 0.1) is 10.1 Å². The van der Waals surface area contributed by atoms with Gasteiger partial charge in [-0.05, 0) is 40.1 Å². The van der Waals surface area contributed by atoms with Gasteiger partial charge in [0, 0.05) is 18.2 Å². The zero-order valence-corrected chi connectivity index (χ0v) is 13.3. The van der Waals surface area contributed by atoms with Crippen molar-refractivity contribution in [3.05, 3.63) is 28.3 Å². The average Bonchev–Trinajstić information content (AvgIpc) is 2.36. The third-order valence-corrected chi connectivity index (χ3v) is 4.81. The van der Waals surface area contributed by atoms with Crippen LogP contribution in [-0.4, -0.2) is 44.4 Å². The fraction of sp³-hybridized carbons (Fsp3) is 0.500. The van der Waals surface area contributed by atoms with E-state index in [0.717, 1.165) is 12.1 Å². The van der Waals surface area contributed by atoms with Crippen molar-refractivity contribution in [2.24, 2.45) is 0 Å². The van der Waals surface area contributed by atoms with E-state index in [1.807, 2.05) is 32.8 Å². The Morgan fingerprint density at radius 1 is 1.38 bits per heavy atom. The highest BCUT2D eigenvalue weighted by molar-refractivity contribution is 7.89. The Morgan fingerprint density at radius 3 is 2.38 bits per heavy atom. The summed E-state index contributed by atoms with van der Waals surface area (Å²) in [4.78, 5) is 11.8. The molecule has 0 heterocycles. The van der Waals surface area contributed by atoms with E-state index in [-0.39, 0.29) is 28.4 Å². The summed E-state index contributed by atoms with van der Waals surface area (Å²) in [6, 6.07) is 3.34. The minimum absolute atomic E-state index is 0.0971. The van der Waals surface area contributed by atoms with Gasteiger partial charge in [0.15, 0.2) is 0 Å². The second-order valence-electron chi connectivity index (χ2n) is 5.51. The third-order valence-electron chi connectivity index (χ3n) is 3.41. The molecule has 0 spiro atoms. The van der Waals surface area contributed by atoms with Crippen LogP contribution in [0.3, 0.4) is 0 Å². The van der Waals surface area contributed by atoms with E-state index in [4.69, 9.17) is 5.73 Å². The Hall–Kier alpha value is -1.71. The second kappa shape index (κ2) is 5.96. The van der Waals surface area contributed by atoms with Gasteiger partial charge in [0.2, 0.25) is 10.0 Å². The van der Waals surface area contributed by atoms with Gasteiger partial charge < -0.3 is 10.6 Å². The second-order valence-corrected chi connectivity index (χ2v) is 7.28. The minimum atomic E-state index is -3.77. The number of likely N-dealkylation sites (N-methyl/N-ethyl adjacent to an activating group) is 1. The summed E-state index contributed by atoms with van der Waals surface area (Å²) < 4.78 is 26.8. The van der Waals surface area contributed by atoms with Gasteiger partial charge in [0.1, 0.15) is 5.69 Å². The van der Waals surface area contributed by atoms with E-state index in [1.165, 1.54) is 6.07 Å². The van der Waals surface area contributed by atoms with Crippen molar-refractivity contribution in [2.75, 3.05) is 26.4 Å². The van der Waals surface area contributed by atoms with Crippen LogP contribution in [0.5, 0.6) is 0 Å². The molecule has 0 bridgehead atoms. The molecule has 0 radical (unpaired) electrons. The Morgan fingerprint density at radius 2 is 1.95 bits per heavy atom. The lowest BCUT2D eigenvalue weighted by Gasteiger charge is -2.32. The molecule has 8 nitrogen and oxygen atoms in total. The Balaban J connectivity index is 2.99. The van der Waals surface area contributed by atoms with E-state index in [1.54, 1.807) is 0 Å². The molecule has 0 saturated heterocycles. The summed E-state index contributed by atoms with van der Waals surface area (Å²) in [7, 11) is -0.0804. The van der Waals surface area contributed by atoms with E-state index in [9.17, 15) is 18.5 Å². The molecule has 1 aromatic rings. The van der Waals surface area contributed by atoms with Gasteiger partial charge in [-0.15, -0.1) is 0 Å². The predicted molar refractivity (Wildman–Crippen MR) is 80.5 cm³/mol. The fourth-order valence-electron chi connectivity index (χ4n) is 1.38. The lowest BCUT2D eigenvalue weighted by molar-refractivity contribution is -0.383. The molecule has 0 aliphatic carbocycles. The summed E-state index contributed by atoms with van der Waals surface area (Å²) in [5.41, 5.74) is 4.63. The number of anilines is 1. The van der Waals surface area contributed by atoms with Gasteiger partial charge in [-0.3, -0.25) is 10.1 Å². The smallest absolute Gasteiger partial charge is 0.292 e. The average molecular weight is 316 g/mol. The molecule has 0 aliphatic heterocycles. The number of rotatable bonds is 6. The van der Waals surface area contributed by atoms with Crippen molar-refractivity contribution < 1.29 is 13.3 Å². The molecule has 0 saturated carbocycles. The number of nitrogens with zero attached hydrogens (tertiary/aromatic N) is 2. The van der Waals surface area contributed by atoms with Crippen LogP contribution in [0.15, 0.2) is 23.1 Å². The van der Waals surface area contributed by atoms with E-state index < -0.39 is 14.9 Å². The number of benzene rings is 1. The summed E-state index contributed by atoms with van der Waals surface area (Å²) in [5, 5.41) is 10.7. The molecule has 0 aliphatic rings. The van der Waals surface area contributed by atoms with Crippen molar-refractivity contribution in [1.82, 2.24) is 9.62 Å². The maximum atomic E-state index is 12.2. The van der Waals surface area contributed by atoms with Gasteiger partial charge in [0.05, 0.1) is 9.82 Å². The highest BCUT2D eigenvalue weighted by Gasteiger charge is 2.25. The number of nitrogens with two attached hydrogens (primary N) is 1. The van der Waals surface area contributed by atoms with E-state index in [2.05, 4.69) is 4.72 Å². The predicted octanol–water partition coefficient (Wildman–Crippen LogP) is 0.796. The minimum Gasteiger partial charge on any atom is -0.393 e. The van der Waals surface area contributed by atoms with Crippen LogP contribution in [0.25, 0.3) is 0 Å². The summed E-state index contributed by atoms with van der Waals surface area (Å²) in [6.07, 6.45) is 0. The monoisotopic (exact) mass is 316 g/mol. The van der Waals surface area contributed by atoms with Gasteiger partial charge in [-0.25, -0.2) is 13.1 Å². The molecule has 0 atom stereocenters. The lowest BCUT2D eigenvalue weighted by Crippen LogP contribution is -2.48. The number of hydrogen-bond donors (Lipinski definition) is 2. The topological polar surface area (TPSA) is 119 Å². The van der Waals surface area contributed by atoms with Crippen LogP contribution >= 0.6 is 0 Å². The van der Waals surface area contributed by atoms with Crippen molar-refractivity contribution in [3.63, 3.8) is 0 Å². The Kier molecular flexibility index (Phi) is 4.92. The molecule has 1 rings (SSSR count). The first-order chi connectivity index (χ1) is 9.47. The maximum absolute atomic E-state index is 12.2. The van der Waals surface area contributed by atoms with Crippen molar-refractivity contribution in [2.45, 2.75) is 24.3 Å². The molecule has 1 aromatic carbocycles. The number of nitrogens with one attached hydrogen (secondary N) is 1. The highest BCUT2D eigenvalue weighted by atomic mass is 32.2. The number of nitro groups is 1. The summed E-state index contributed by atoms with van der Waals surface area (Å²) in [5.74, 6) is 0. The van der Waals surface area contributed by atoms with Gasteiger partial charge in [-0.2, -0.15) is 0 Å². The lowest BCUT2D eigenvalue weighted by atomic mass is 10.1. The zero-order valence-electron chi connectivity index (χ0n) is 12.5. The van der Waals surface area contributed by atoms with Crippen molar-refractivity contribution in [3.8, 4) is 0 Å². The molecule has 21 heavy (non-hydrogen) atoms. The fourth-order valence-corrected chi connectivity index (χ4v) is 2.62. The largest absolute Gasteiger partial charge is 0.393 e. The normalized spacial score (nSPS) is 12.6. The maximum Gasteiger partial charge on any atom is 0.292 e. The molecular formula is C12H20N4O4S. The molecule has 0 aromatic heterocycles. The summed E-state index contributed by atoms with van der Waals surface area (Å²) >= 11 is 0. The first-order valence-electron chi connectivity index (χ1n) is 6.18. The van der Waals surface area contributed by atoms with Crippen LogP contribution in [0.2, 0.25) is 0 Å². The van der Waals surface area contributed by atoms with Crippen LogP contribution in [0.4, 0.5) is 11.4 Å². The first-order valence-corrected chi connectivity index (χ1v) is 7.67. The van der Waals surface area contributed by atoms with Crippen molar-refractivity contribution >= 4 is 21.4 Å². The number of sulfonamides is 1. The van der Waals surface area contributed by atoms with Gasteiger partial charge >= 0.3 is 0 Å². The van der Waals surface area contributed by atoms with Crippen LogP contribution in [0.1, 0.15) is 13.8 Å². The first kappa shape index (κ1) is 17.3. The van der Waals surface area contributed by atoms with Crippen LogP contribution in [-0.2, 0) is 10.0 Å². The van der Waals surface area contributed by atoms with Gasteiger partial charge in [-0.1, -0.05) is 0 Å². The standard InChI is InChI=1S/C12H20N4O4S/c1-12(2,15(3)4)8-14-21(19,20)9-5-6-11(16(17)18)10(13)7-9/h5-7,14H,8,13H2,1-4H3. The zero-order chi connectivity index (χ0) is 16.4. The molecule has 0 amide bonds. The van der Waals surface area contributed by atoms with E-state index >= 15 is 0 Å². The number of hydrogen-bond acceptors (Lipinski definition) is 6. The molecule has 9 heteroatoms. The number of nitrogen functional groups attached to an aromatic ring is 1. The number of nitro benzene ring substituents is 1. The molecule has 118 valence electrons. The molecular weight excluding hydrogens is 296 g/mol. The van der Waals surface area contributed by atoms with Crippen LogP contribution < -0.4 is 10.5 Å². The Bertz CT molecular complexity index is 641. The summed E-state index contributed by atoms with van der Waals surface area (Å²) in [6.45, 7) is 3.97. The molecule has 0 fully saturated rings. The molecule has 3 N–H and O–H groups in total. The molecule has 0 unspecified atom stereocenters. The van der Waals surface area contributed by atoms with Gasteiger partial charge in [0.25, 0.3) is 5.69 Å². The quantitative estimate of drug-likeness (QED) is 0.455. The third kappa shape index (κ3) is 4.13. The van der Waals surface area contributed by atoms with Crippen molar-refractivity contribution in [1.29, 1.82) is 0 Å².